The number of hydrogen-bond donors (Lipinski definition) is 1. The SMILES string of the molecule is COc1ccc(OC)c(NCc2cc(Br)ccc2F)c1. The predicted molar refractivity (Wildman–Crippen MR) is 81.0 cm³/mol. The summed E-state index contributed by atoms with van der Waals surface area (Å²) in [7, 11) is 3.19. The average Bonchev–Trinajstić information content (AvgIpc) is 2.47. The van der Waals surface area contributed by atoms with Gasteiger partial charge in [0, 0.05) is 22.6 Å². The summed E-state index contributed by atoms with van der Waals surface area (Å²) in [5.41, 5.74) is 1.33. The molecule has 0 radical (unpaired) electrons. The van der Waals surface area contributed by atoms with Crippen molar-refractivity contribution < 1.29 is 13.9 Å². The monoisotopic (exact) mass is 339 g/mol. The highest BCUT2D eigenvalue weighted by Crippen LogP contribution is 2.29. The Morgan fingerprint density at radius 2 is 1.90 bits per heavy atom. The Morgan fingerprint density at radius 1 is 1.10 bits per heavy atom. The second-order valence-electron chi connectivity index (χ2n) is 4.16. The van der Waals surface area contributed by atoms with Crippen LogP contribution >= 0.6 is 15.9 Å². The van der Waals surface area contributed by atoms with Gasteiger partial charge in [0.25, 0.3) is 0 Å². The summed E-state index contributed by atoms with van der Waals surface area (Å²) in [6.07, 6.45) is 0. The van der Waals surface area contributed by atoms with Crippen LogP contribution in [0.1, 0.15) is 5.56 Å². The summed E-state index contributed by atoms with van der Waals surface area (Å²) in [4.78, 5) is 0. The van der Waals surface area contributed by atoms with Crippen LogP contribution in [-0.2, 0) is 6.54 Å². The smallest absolute Gasteiger partial charge is 0.142 e. The second kappa shape index (κ2) is 6.61. The van der Waals surface area contributed by atoms with Gasteiger partial charge in [-0.3, -0.25) is 0 Å². The molecule has 0 bridgehead atoms. The van der Waals surface area contributed by atoms with Crippen LogP contribution in [-0.4, -0.2) is 14.2 Å². The minimum atomic E-state index is -0.248. The van der Waals surface area contributed by atoms with Crippen molar-refractivity contribution in [2.24, 2.45) is 0 Å². The van der Waals surface area contributed by atoms with Crippen LogP contribution in [0.25, 0.3) is 0 Å². The van der Waals surface area contributed by atoms with Crippen molar-refractivity contribution in [2.75, 3.05) is 19.5 Å². The molecular weight excluding hydrogens is 325 g/mol. The molecule has 0 saturated heterocycles. The van der Waals surface area contributed by atoms with Crippen molar-refractivity contribution in [3.05, 3.63) is 52.3 Å². The van der Waals surface area contributed by atoms with E-state index < -0.39 is 0 Å². The fraction of sp³-hybridized carbons (Fsp3) is 0.200. The van der Waals surface area contributed by atoms with Crippen molar-refractivity contribution in [1.29, 1.82) is 0 Å². The molecule has 3 nitrogen and oxygen atoms in total. The zero-order valence-electron chi connectivity index (χ0n) is 11.2. The summed E-state index contributed by atoms with van der Waals surface area (Å²) >= 11 is 3.33. The highest BCUT2D eigenvalue weighted by Gasteiger charge is 2.07. The van der Waals surface area contributed by atoms with E-state index in [9.17, 15) is 4.39 Å². The Balaban J connectivity index is 2.19. The van der Waals surface area contributed by atoms with Gasteiger partial charge in [0.05, 0.1) is 19.9 Å². The maximum atomic E-state index is 13.7. The fourth-order valence-corrected chi connectivity index (χ4v) is 2.23. The molecule has 0 atom stereocenters. The number of anilines is 1. The fourth-order valence-electron chi connectivity index (χ4n) is 1.82. The summed E-state index contributed by atoms with van der Waals surface area (Å²) in [6, 6.07) is 10.3. The molecule has 2 aromatic carbocycles. The molecule has 20 heavy (non-hydrogen) atoms. The lowest BCUT2D eigenvalue weighted by atomic mass is 10.2. The van der Waals surface area contributed by atoms with Gasteiger partial charge in [0.15, 0.2) is 0 Å². The quantitative estimate of drug-likeness (QED) is 0.884. The topological polar surface area (TPSA) is 30.5 Å². The van der Waals surface area contributed by atoms with Crippen molar-refractivity contribution in [2.45, 2.75) is 6.54 Å². The van der Waals surface area contributed by atoms with Crippen LogP contribution in [0.4, 0.5) is 10.1 Å². The van der Waals surface area contributed by atoms with E-state index in [-0.39, 0.29) is 5.82 Å². The van der Waals surface area contributed by atoms with Gasteiger partial charge in [-0.1, -0.05) is 15.9 Å². The summed E-state index contributed by atoms with van der Waals surface area (Å²) < 4.78 is 25.0. The Labute approximate surface area is 125 Å². The number of benzene rings is 2. The number of hydrogen-bond acceptors (Lipinski definition) is 3. The van der Waals surface area contributed by atoms with E-state index in [0.29, 0.717) is 23.6 Å². The molecule has 0 amide bonds. The van der Waals surface area contributed by atoms with E-state index in [0.717, 1.165) is 10.2 Å². The zero-order valence-corrected chi connectivity index (χ0v) is 12.8. The molecule has 2 aromatic rings. The molecule has 0 aliphatic carbocycles. The number of methoxy groups -OCH3 is 2. The summed E-state index contributed by atoms with van der Waals surface area (Å²) in [5, 5.41) is 3.16. The number of rotatable bonds is 5. The van der Waals surface area contributed by atoms with Crippen molar-refractivity contribution in [1.82, 2.24) is 0 Å². The average molecular weight is 340 g/mol. The molecule has 5 heteroatoms. The third kappa shape index (κ3) is 3.42. The van der Waals surface area contributed by atoms with Gasteiger partial charge in [-0.15, -0.1) is 0 Å². The van der Waals surface area contributed by atoms with Gasteiger partial charge >= 0.3 is 0 Å². The molecule has 106 valence electrons. The molecule has 0 heterocycles. The maximum Gasteiger partial charge on any atom is 0.142 e. The lowest BCUT2D eigenvalue weighted by Gasteiger charge is -2.13. The zero-order chi connectivity index (χ0) is 14.5. The molecule has 0 fully saturated rings. The third-order valence-corrected chi connectivity index (χ3v) is 3.38. The van der Waals surface area contributed by atoms with Gasteiger partial charge < -0.3 is 14.8 Å². The molecular formula is C15H15BrFNO2. The van der Waals surface area contributed by atoms with Gasteiger partial charge in [0.1, 0.15) is 17.3 Å². The lowest BCUT2D eigenvalue weighted by Crippen LogP contribution is -2.03. The van der Waals surface area contributed by atoms with Gasteiger partial charge in [0.2, 0.25) is 0 Å². The molecule has 0 aromatic heterocycles. The first kappa shape index (κ1) is 14.7. The van der Waals surface area contributed by atoms with Crippen molar-refractivity contribution in [3.8, 4) is 11.5 Å². The van der Waals surface area contributed by atoms with Crippen LogP contribution < -0.4 is 14.8 Å². The van der Waals surface area contributed by atoms with Crippen molar-refractivity contribution >= 4 is 21.6 Å². The summed E-state index contributed by atoms with van der Waals surface area (Å²) in [5.74, 6) is 1.15. The van der Waals surface area contributed by atoms with Crippen LogP contribution in [0.5, 0.6) is 11.5 Å². The van der Waals surface area contributed by atoms with Gasteiger partial charge in [-0.05, 0) is 30.3 Å². The molecule has 1 N–H and O–H groups in total. The molecule has 2 rings (SSSR count). The number of ether oxygens (including phenoxy) is 2. The first-order valence-electron chi connectivity index (χ1n) is 6.04. The van der Waals surface area contributed by atoms with E-state index >= 15 is 0 Å². The van der Waals surface area contributed by atoms with Crippen LogP contribution in [0.3, 0.4) is 0 Å². The number of nitrogens with one attached hydrogen (secondary N) is 1. The van der Waals surface area contributed by atoms with Crippen molar-refractivity contribution in [3.63, 3.8) is 0 Å². The Morgan fingerprint density at radius 3 is 2.60 bits per heavy atom. The maximum absolute atomic E-state index is 13.7. The molecule has 0 aliphatic heterocycles. The standard InChI is InChI=1S/C15H15BrFNO2/c1-19-12-4-6-15(20-2)14(8-12)18-9-10-7-11(16)3-5-13(10)17/h3-8,18H,9H2,1-2H3. The highest BCUT2D eigenvalue weighted by atomic mass is 79.9. The lowest BCUT2D eigenvalue weighted by molar-refractivity contribution is 0.404. The van der Waals surface area contributed by atoms with E-state index in [1.807, 2.05) is 12.1 Å². The normalized spacial score (nSPS) is 10.2. The minimum absolute atomic E-state index is 0.248. The second-order valence-corrected chi connectivity index (χ2v) is 5.07. The highest BCUT2D eigenvalue weighted by molar-refractivity contribution is 9.10. The number of halogens is 2. The first-order valence-corrected chi connectivity index (χ1v) is 6.83. The summed E-state index contributed by atoms with van der Waals surface area (Å²) in [6.45, 7) is 0.356. The third-order valence-electron chi connectivity index (χ3n) is 2.88. The van der Waals surface area contributed by atoms with Gasteiger partial charge in [-0.25, -0.2) is 4.39 Å². The Bertz CT molecular complexity index is 604. The minimum Gasteiger partial charge on any atom is -0.497 e. The Kier molecular flexibility index (Phi) is 4.84. The Hall–Kier alpha value is -1.75. The van der Waals surface area contributed by atoms with Crippen LogP contribution in [0, 0.1) is 5.82 Å². The predicted octanol–water partition coefficient (Wildman–Crippen LogP) is 4.22. The van der Waals surface area contributed by atoms with E-state index in [1.54, 1.807) is 32.4 Å². The molecule has 0 spiro atoms. The van der Waals surface area contributed by atoms with E-state index in [1.165, 1.54) is 6.07 Å². The van der Waals surface area contributed by atoms with Gasteiger partial charge in [-0.2, -0.15) is 0 Å². The van der Waals surface area contributed by atoms with Crippen LogP contribution in [0.2, 0.25) is 0 Å². The first-order chi connectivity index (χ1) is 9.63. The van der Waals surface area contributed by atoms with E-state index in [4.69, 9.17) is 9.47 Å². The molecule has 0 saturated carbocycles. The van der Waals surface area contributed by atoms with Crippen LogP contribution in [0.15, 0.2) is 40.9 Å². The molecule has 0 unspecified atom stereocenters. The largest absolute Gasteiger partial charge is 0.497 e. The van der Waals surface area contributed by atoms with E-state index in [2.05, 4.69) is 21.2 Å². The molecule has 0 aliphatic rings.